The zero-order valence-corrected chi connectivity index (χ0v) is 9.40. The van der Waals surface area contributed by atoms with Gasteiger partial charge >= 0.3 is 0 Å². The summed E-state index contributed by atoms with van der Waals surface area (Å²) in [4.78, 5) is 34.4. The SMILES string of the molecule is CC(C)C(N)C(=O)C(N)(C(N)=O)C(=O)CN. The van der Waals surface area contributed by atoms with Gasteiger partial charge in [-0.15, -0.1) is 0 Å². The number of rotatable bonds is 6. The van der Waals surface area contributed by atoms with Crippen molar-refractivity contribution >= 4 is 17.5 Å². The Morgan fingerprint density at radius 1 is 1.25 bits per heavy atom. The van der Waals surface area contributed by atoms with Gasteiger partial charge in [0.2, 0.25) is 5.54 Å². The molecule has 1 amide bonds. The molecule has 8 N–H and O–H groups in total. The fourth-order valence-corrected chi connectivity index (χ4v) is 1.12. The Morgan fingerprint density at radius 3 is 1.94 bits per heavy atom. The molecule has 7 heteroatoms. The lowest BCUT2D eigenvalue weighted by atomic mass is 9.82. The van der Waals surface area contributed by atoms with Gasteiger partial charge in [0.05, 0.1) is 12.6 Å². The molecule has 0 aromatic rings. The summed E-state index contributed by atoms with van der Waals surface area (Å²) in [5, 5.41) is 0. The van der Waals surface area contributed by atoms with E-state index in [9.17, 15) is 14.4 Å². The van der Waals surface area contributed by atoms with Gasteiger partial charge in [0.15, 0.2) is 11.6 Å². The minimum Gasteiger partial charge on any atom is -0.367 e. The lowest BCUT2D eigenvalue weighted by Gasteiger charge is -2.27. The Balaban J connectivity index is 5.31. The predicted molar refractivity (Wildman–Crippen MR) is 58.0 cm³/mol. The van der Waals surface area contributed by atoms with Crippen molar-refractivity contribution in [3.63, 3.8) is 0 Å². The van der Waals surface area contributed by atoms with Crippen LogP contribution in [0.2, 0.25) is 0 Å². The van der Waals surface area contributed by atoms with Crippen LogP contribution in [0.15, 0.2) is 0 Å². The lowest BCUT2D eigenvalue weighted by Crippen LogP contribution is -2.69. The molecule has 0 radical (unpaired) electrons. The fourth-order valence-electron chi connectivity index (χ4n) is 1.12. The van der Waals surface area contributed by atoms with Crippen LogP contribution >= 0.6 is 0 Å². The summed E-state index contributed by atoms with van der Waals surface area (Å²) in [6.07, 6.45) is 0. The average molecular weight is 230 g/mol. The molecule has 0 bridgehead atoms. The monoisotopic (exact) mass is 230 g/mol. The summed E-state index contributed by atoms with van der Waals surface area (Å²) in [5.74, 6) is -3.32. The van der Waals surface area contributed by atoms with E-state index in [4.69, 9.17) is 22.9 Å². The molecule has 0 aliphatic heterocycles. The second-order valence-corrected chi connectivity index (χ2v) is 3.93. The van der Waals surface area contributed by atoms with Crippen LogP contribution < -0.4 is 22.9 Å². The number of nitrogens with two attached hydrogens (primary N) is 4. The Labute approximate surface area is 93.5 Å². The third kappa shape index (κ3) is 2.43. The van der Waals surface area contributed by atoms with Crippen LogP contribution in [0, 0.1) is 5.92 Å². The van der Waals surface area contributed by atoms with E-state index >= 15 is 0 Å². The molecular weight excluding hydrogens is 212 g/mol. The Kier molecular flexibility index (Phi) is 4.73. The van der Waals surface area contributed by atoms with Crippen LogP contribution in [0.5, 0.6) is 0 Å². The van der Waals surface area contributed by atoms with Gasteiger partial charge in [-0.2, -0.15) is 0 Å². The number of primary amides is 1. The molecule has 2 unspecified atom stereocenters. The zero-order valence-electron chi connectivity index (χ0n) is 9.40. The molecule has 0 saturated heterocycles. The minimum absolute atomic E-state index is 0.264. The maximum Gasteiger partial charge on any atom is 0.253 e. The number of carbonyl (C=O) groups excluding carboxylic acids is 3. The maximum absolute atomic E-state index is 11.8. The number of Topliss-reactive ketones (excluding diaryl/α,β-unsaturated/α-hetero) is 2. The zero-order chi connectivity index (χ0) is 13.1. The summed E-state index contributed by atoms with van der Waals surface area (Å²) < 4.78 is 0. The van der Waals surface area contributed by atoms with Crippen LogP contribution in [-0.4, -0.2) is 35.6 Å². The van der Waals surface area contributed by atoms with E-state index in [-0.39, 0.29) is 5.92 Å². The van der Waals surface area contributed by atoms with E-state index in [0.29, 0.717) is 0 Å². The number of carbonyl (C=O) groups is 3. The predicted octanol–water partition coefficient (Wildman–Crippen LogP) is -2.75. The van der Waals surface area contributed by atoms with Crippen LogP contribution in [-0.2, 0) is 14.4 Å². The van der Waals surface area contributed by atoms with Gasteiger partial charge < -0.3 is 22.9 Å². The number of hydrogen-bond donors (Lipinski definition) is 4. The van der Waals surface area contributed by atoms with Gasteiger partial charge in [-0.05, 0) is 5.92 Å². The van der Waals surface area contributed by atoms with Gasteiger partial charge in [0.25, 0.3) is 5.91 Å². The van der Waals surface area contributed by atoms with Gasteiger partial charge in [0.1, 0.15) is 0 Å². The third-order valence-electron chi connectivity index (χ3n) is 2.42. The Hall–Kier alpha value is -1.31. The lowest BCUT2D eigenvalue weighted by molar-refractivity contribution is -0.142. The smallest absolute Gasteiger partial charge is 0.253 e. The molecule has 2 atom stereocenters. The summed E-state index contributed by atoms with van der Waals surface area (Å²) >= 11 is 0. The topological polar surface area (TPSA) is 155 Å². The van der Waals surface area contributed by atoms with Crippen molar-refractivity contribution in [3.8, 4) is 0 Å². The van der Waals surface area contributed by atoms with Crippen molar-refractivity contribution in [2.75, 3.05) is 6.54 Å². The summed E-state index contributed by atoms with van der Waals surface area (Å²) in [6, 6.07) is -1.03. The highest BCUT2D eigenvalue weighted by Gasteiger charge is 2.49. The van der Waals surface area contributed by atoms with E-state index in [1.807, 2.05) is 0 Å². The molecule has 0 aliphatic rings. The van der Waals surface area contributed by atoms with Gasteiger partial charge in [-0.1, -0.05) is 13.8 Å². The molecule has 0 spiro atoms. The third-order valence-corrected chi connectivity index (χ3v) is 2.42. The van der Waals surface area contributed by atoms with E-state index in [0.717, 1.165) is 0 Å². The molecule has 0 aliphatic carbocycles. The van der Waals surface area contributed by atoms with E-state index in [2.05, 4.69) is 0 Å². The largest absolute Gasteiger partial charge is 0.367 e. The number of amides is 1. The Bertz CT molecular complexity index is 316. The average Bonchev–Trinajstić information content (AvgIpc) is 2.23. The molecular formula is C9H18N4O3. The first-order valence-electron chi connectivity index (χ1n) is 4.81. The standard InChI is InChI=1S/C9H18N4O3/c1-4(2)6(11)7(15)9(13,8(12)16)5(14)3-10/h4,6H,3,10-11,13H2,1-2H3,(H2,12,16). The van der Waals surface area contributed by atoms with Crippen molar-refractivity contribution in [1.29, 1.82) is 0 Å². The highest BCUT2D eigenvalue weighted by Crippen LogP contribution is 2.11. The molecule has 0 saturated carbocycles. The quantitative estimate of drug-likeness (QED) is 0.362. The van der Waals surface area contributed by atoms with Gasteiger partial charge in [-0.3, -0.25) is 14.4 Å². The highest BCUT2D eigenvalue weighted by atomic mass is 16.2. The second-order valence-electron chi connectivity index (χ2n) is 3.93. The molecule has 0 heterocycles. The highest BCUT2D eigenvalue weighted by molar-refractivity contribution is 6.29. The Morgan fingerprint density at radius 2 is 1.69 bits per heavy atom. The normalized spacial score (nSPS) is 16.6. The van der Waals surface area contributed by atoms with E-state index in [1.165, 1.54) is 0 Å². The summed E-state index contributed by atoms with van der Waals surface area (Å²) in [5.41, 5.74) is 18.6. The van der Waals surface area contributed by atoms with Crippen LogP contribution in [0.3, 0.4) is 0 Å². The van der Waals surface area contributed by atoms with Crippen molar-refractivity contribution in [1.82, 2.24) is 0 Å². The van der Waals surface area contributed by atoms with Crippen molar-refractivity contribution in [2.24, 2.45) is 28.9 Å². The van der Waals surface area contributed by atoms with Crippen LogP contribution in [0.4, 0.5) is 0 Å². The van der Waals surface area contributed by atoms with Crippen LogP contribution in [0.25, 0.3) is 0 Å². The molecule has 92 valence electrons. The van der Waals surface area contributed by atoms with E-state index in [1.54, 1.807) is 13.8 Å². The molecule has 16 heavy (non-hydrogen) atoms. The van der Waals surface area contributed by atoms with Gasteiger partial charge in [0, 0.05) is 0 Å². The van der Waals surface area contributed by atoms with Crippen molar-refractivity contribution < 1.29 is 14.4 Å². The maximum atomic E-state index is 11.8. The summed E-state index contributed by atoms with van der Waals surface area (Å²) in [6.45, 7) is 2.78. The summed E-state index contributed by atoms with van der Waals surface area (Å²) in [7, 11) is 0. The second kappa shape index (κ2) is 5.15. The first-order chi connectivity index (χ1) is 7.19. The van der Waals surface area contributed by atoms with Crippen molar-refractivity contribution in [2.45, 2.75) is 25.4 Å². The van der Waals surface area contributed by atoms with Gasteiger partial charge in [-0.25, -0.2) is 0 Å². The van der Waals surface area contributed by atoms with Crippen LogP contribution in [0.1, 0.15) is 13.8 Å². The molecule has 0 aromatic heterocycles. The number of ketones is 2. The fraction of sp³-hybridized carbons (Fsp3) is 0.667. The first-order valence-corrected chi connectivity index (χ1v) is 4.81. The molecule has 0 aromatic carbocycles. The number of hydrogen-bond acceptors (Lipinski definition) is 6. The molecule has 0 fully saturated rings. The van der Waals surface area contributed by atoms with Crippen molar-refractivity contribution in [3.05, 3.63) is 0 Å². The molecule has 0 rings (SSSR count). The minimum atomic E-state index is -2.42. The molecule has 7 nitrogen and oxygen atoms in total. The first kappa shape index (κ1) is 14.7. The van der Waals surface area contributed by atoms with E-state index < -0.39 is 35.6 Å².